The lowest BCUT2D eigenvalue weighted by Gasteiger charge is -2.28. The quantitative estimate of drug-likeness (QED) is 0.615. The Morgan fingerprint density at radius 1 is 1.06 bits per heavy atom. The molecule has 0 spiro atoms. The van der Waals surface area contributed by atoms with Crippen molar-refractivity contribution in [1.82, 2.24) is 0 Å². The van der Waals surface area contributed by atoms with Crippen molar-refractivity contribution in [2.24, 2.45) is 0 Å². The van der Waals surface area contributed by atoms with E-state index in [1.54, 1.807) is 31.2 Å². The van der Waals surface area contributed by atoms with Crippen LogP contribution in [-0.4, -0.2) is 57.8 Å². The number of hydrogen-bond acceptors (Lipinski definition) is 5. The van der Waals surface area contributed by atoms with Crippen LogP contribution in [0.2, 0.25) is 0 Å². The third-order valence-electron chi connectivity index (χ3n) is 5.38. The van der Waals surface area contributed by atoms with Gasteiger partial charge < -0.3 is 25.2 Å². The molecule has 1 aliphatic rings. The molecule has 8 nitrogen and oxygen atoms in total. The van der Waals surface area contributed by atoms with Crippen LogP contribution in [0.3, 0.4) is 0 Å². The van der Waals surface area contributed by atoms with Crippen LogP contribution in [0.25, 0.3) is 0 Å². The SMILES string of the molecule is C[C@H](C(=O)Nc1ccc(C#N)cc1)[NH+](C)CC(=O)Nc1ccc(N2CCOCC2)cc1. The van der Waals surface area contributed by atoms with E-state index >= 15 is 0 Å². The van der Waals surface area contributed by atoms with E-state index in [2.05, 4.69) is 15.5 Å². The van der Waals surface area contributed by atoms with Gasteiger partial charge in [-0.3, -0.25) is 9.59 Å². The number of amides is 2. The van der Waals surface area contributed by atoms with E-state index in [-0.39, 0.29) is 18.4 Å². The summed E-state index contributed by atoms with van der Waals surface area (Å²) in [6, 6.07) is 16.0. The zero-order chi connectivity index (χ0) is 22.2. The van der Waals surface area contributed by atoms with Crippen molar-refractivity contribution in [3.63, 3.8) is 0 Å². The molecule has 1 saturated heterocycles. The van der Waals surface area contributed by atoms with Crippen LogP contribution in [0.4, 0.5) is 17.1 Å². The number of carbonyl (C=O) groups excluding carboxylic acids is 2. The molecule has 2 aromatic rings. The lowest BCUT2D eigenvalue weighted by molar-refractivity contribution is -0.885. The molecule has 31 heavy (non-hydrogen) atoms. The standard InChI is InChI=1S/C23H27N5O3/c1-17(23(30)26-20-5-3-18(15-24)4-6-20)27(2)16-22(29)25-19-7-9-21(10-8-19)28-11-13-31-14-12-28/h3-10,17H,11-14,16H2,1-2H3,(H,25,29)(H,26,30)/p+1/t17-/m1/s1. The molecule has 2 amide bonds. The number of quaternary nitrogens is 1. The maximum atomic E-state index is 12.5. The first kappa shape index (κ1) is 22.3. The lowest BCUT2D eigenvalue weighted by Crippen LogP contribution is -3.14. The third-order valence-corrected chi connectivity index (χ3v) is 5.38. The van der Waals surface area contributed by atoms with Gasteiger partial charge in [-0.25, -0.2) is 0 Å². The average Bonchev–Trinajstić information content (AvgIpc) is 2.80. The zero-order valence-corrected chi connectivity index (χ0v) is 17.9. The molecule has 2 aromatic carbocycles. The summed E-state index contributed by atoms with van der Waals surface area (Å²) in [4.78, 5) is 28.0. The van der Waals surface area contributed by atoms with E-state index in [4.69, 9.17) is 10.00 Å². The van der Waals surface area contributed by atoms with Crippen molar-refractivity contribution >= 4 is 28.9 Å². The molecule has 8 heteroatoms. The van der Waals surface area contributed by atoms with Crippen LogP contribution >= 0.6 is 0 Å². The molecule has 162 valence electrons. The Labute approximate surface area is 182 Å². The Morgan fingerprint density at radius 3 is 2.26 bits per heavy atom. The normalized spacial score (nSPS) is 15.5. The monoisotopic (exact) mass is 422 g/mol. The van der Waals surface area contributed by atoms with Gasteiger partial charge in [-0.15, -0.1) is 0 Å². The molecular formula is C23H28N5O3+. The van der Waals surface area contributed by atoms with Gasteiger partial charge in [0.25, 0.3) is 11.8 Å². The number of likely N-dealkylation sites (N-methyl/N-ethyl adjacent to an activating group) is 1. The highest BCUT2D eigenvalue weighted by atomic mass is 16.5. The zero-order valence-electron chi connectivity index (χ0n) is 17.9. The van der Waals surface area contributed by atoms with Crippen LogP contribution in [0.15, 0.2) is 48.5 Å². The summed E-state index contributed by atoms with van der Waals surface area (Å²) < 4.78 is 5.37. The topological polar surface area (TPSA) is 98.9 Å². The summed E-state index contributed by atoms with van der Waals surface area (Å²) in [5.74, 6) is -0.348. The fourth-order valence-corrected chi connectivity index (χ4v) is 3.29. The number of nitrogens with one attached hydrogen (secondary N) is 3. The van der Waals surface area contributed by atoms with Gasteiger partial charge >= 0.3 is 0 Å². The fourth-order valence-electron chi connectivity index (χ4n) is 3.29. The second-order valence-corrected chi connectivity index (χ2v) is 7.62. The minimum absolute atomic E-state index is 0.158. The molecule has 3 rings (SSSR count). The lowest BCUT2D eigenvalue weighted by atomic mass is 10.2. The summed E-state index contributed by atoms with van der Waals surface area (Å²) in [5.41, 5.74) is 2.98. The first-order valence-electron chi connectivity index (χ1n) is 10.3. The highest BCUT2D eigenvalue weighted by Crippen LogP contribution is 2.18. The number of hydrogen-bond donors (Lipinski definition) is 3. The molecule has 1 heterocycles. The van der Waals surface area contributed by atoms with Gasteiger partial charge in [0.1, 0.15) is 0 Å². The molecule has 0 aliphatic carbocycles. The molecular weight excluding hydrogens is 394 g/mol. The summed E-state index contributed by atoms with van der Waals surface area (Å²) in [5, 5.41) is 14.6. The van der Waals surface area contributed by atoms with Gasteiger partial charge in [-0.2, -0.15) is 5.26 Å². The van der Waals surface area contributed by atoms with Crippen LogP contribution in [0.1, 0.15) is 12.5 Å². The largest absolute Gasteiger partial charge is 0.378 e. The predicted molar refractivity (Wildman–Crippen MR) is 119 cm³/mol. The van der Waals surface area contributed by atoms with Gasteiger partial charge in [0.2, 0.25) is 0 Å². The van der Waals surface area contributed by atoms with Gasteiger partial charge in [-0.1, -0.05) is 0 Å². The summed E-state index contributed by atoms with van der Waals surface area (Å²) in [7, 11) is 1.81. The number of ether oxygens (including phenoxy) is 1. The number of benzene rings is 2. The van der Waals surface area contributed by atoms with Crippen LogP contribution in [-0.2, 0) is 14.3 Å². The highest BCUT2D eigenvalue weighted by Gasteiger charge is 2.24. The van der Waals surface area contributed by atoms with Crippen molar-refractivity contribution in [2.75, 3.05) is 55.4 Å². The molecule has 2 atom stereocenters. The Hall–Kier alpha value is -3.41. The van der Waals surface area contributed by atoms with E-state index in [1.807, 2.05) is 37.4 Å². The number of anilines is 3. The summed E-state index contributed by atoms with van der Waals surface area (Å²) in [6.45, 7) is 5.12. The van der Waals surface area contributed by atoms with E-state index < -0.39 is 6.04 Å². The first-order chi connectivity index (χ1) is 15.0. The fraction of sp³-hybridized carbons (Fsp3) is 0.348. The molecule has 0 radical (unpaired) electrons. The molecule has 1 unspecified atom stereocenters. The number of rotatable bonds is 7. The molecule has 1 aliphatic heterocycles. The Balaban J connectivity index is 1.48. The number of morpholine rings is 1. The Morgan fingerprint density at radius 2 is 1.65 bits per heavy atom. The maximum absolute atomic E-state index is 12.5. The average molecular weight is 423 g/mol. The Bertz CT molecular complexity index is 931. The molecule has 0 bridgehead atoms. The van der Waals surface area contributed by atoms with E-state index in [1.165, 1.54) is 0 Å². The van der Waals surface area contributed by atoms with E-state index in [0.29, 0.717) is 11.3 Å². The minimum atomic E-state index is -0.426. The first-order valence-corrected chi connectivity index (χ1v) is 10.3. The number of nitrogens with zero attached hydrogens (tertiary/aromatic N) is 2. The highest BCUT2D eigenvalue weighted by molar-refractivity contribution is 5.94. The second-order valence-electron chi connectivity index (χ2n) is 7.62. The minimum Gasteiger partial charge on any atom is -0.378 e. The summed E-state index contributed by atoms with van der Waals surface area (Å²) >= 11 is 0. The summed E-state index contributed by atoms with van der Waals surface area (Å²) in [6.07, 6.45) is 0. The van der Waals surface area contributed by atoms with Crippen LogP contribution < -0.4 is 20.4 Å². The van der Waals surface area contributed by atoms with Gasteiger partial charge in [0.05, 0.1) is 31.9 Å². The second kappa shape index (κ2) is 10.6. The molecule has 3 N–H and O–H groups in total. The molecule has 0 saturated carbocycles. The predicted octanol–water partition coefficient (Wildman–Crippen LogP) is 0.875. The Kier molecular flexibility index (Phi) is 7.60. The van der Waals surface area contributed by atoms with Gasteiger partial charge in [0, 0.05) is 30.2 Å². The van der Waals surface area contributed by atoms with Crippen molar-refractivity contribution in [1.29, 1.82) is 5.26 Å². The third kappa shape index (κ3) is 6.28. The smallest absolute Gasteiger partial charge is 0.282 e. The number of carbonyl (C=O) groups is 2. The van der Waals surface area contributed by atoms with Crippen LogP contribution in [0.5, 0.6) is 0 Å². The molecule has 1 fully saturated rings. The molecule has 0 aromatic heterocycles. The number of nitriles is 1. The van der Waals surface area contributed by atoms with Crippen molar-refractivity contribution in [3.05, 3.63) is 54.1 Å². The van der Waals surface area contributed by atoms with Crippen LogP contribution in [0, 0.1) is 11.3 Å². The van der Waals surface area contributed by atoms with E-state index in [9.17, 15) is 9.59 Å². The maximum Gasteiger partial charge on any atom is 0.282 e. The van der Waals surface area contributed by atoms with Crippen molar-refractivity contribution in [3.8, 4) is 6.07 Å². The van der Waals surface area contributed by atoms with Crippen molar-refractivity contribution in [2.45, 2.75) is 13.0 Å². The van der Waals surface area contributed by atoms with Gasteiger partial charge in [0.15, 0.2) is 12.6 Å². The van der Waals surface area contributed by atoms with Gasteiger partial charge in [-0.05, 0) is 55.5 Å². The van der Waals surface area contributed by atoms with E-state index in [0.717, 1.165) is 42.6 Å². The van der Waals surface area contributed by atoms with Crippen molar-refractivity contribution < 1.29 is 19.2 Å².